The average Bonchev–Trinajstić information content (AvgIpc) is 2.80. The maximum atomic E-state index is 11.9. The third-order valence-electron chi connectivity index (χ3n) is 4.47. The lowest BCUT2D eigenvalue weighted by Crippen LogP contribution is -2.46. The van der Waals surface area contributed by atoms with E-state index in [1.807, 2.05) is 0 Å². The molecule has 0 unspecified atom stereocenters. The van der Waals surface area contributed by atoms with Crippen molar-refractivity contribution in [3.63, 3.8) is 0 Å². The Balaban J connectivity index is 1.69. The molecular weight excluding hydrogens is 244 g/mol. The third-order valence-corrected chi connectivity index (χ3v) is 4.47. The minimum Gasteiger partial charge on any atom is -0.481 e. The third kappa shape index (κ3) is 4.11. The Labute approximate surface area is 114 Å². The van der Waals surface area contributed by atoms with Gasteiger partial charge in [-0.2, -0.15) is 0 Å². The minimum absolute atomic E-state index is 0.0172. The normalized spacial score (nSPS) is 34.8. The summed E-state index contributed by atoms with van der Waals surface area (Å²) in [5.74, 6) is -0.265. The number of amides is 2. The van der Waals surface area contributed by atoms with Crippen LogP contribution in [0, 0.1) is 11.8 Å². The molecule has 0 bridgehead atoms. The van der Waals surface area contributed by atoms with Gasteiger partial charge in [0.2, 0.25) is 0 Å². The van der Waals surface area contributed by atoms with E-state index in [-0.39, 0.29) is 24.0 Å². The van der Waals surface area contributed by atoms with Gasteiger partial charge in [-0.15, -0.1) is 0 Å². The molecule has 2 rings (SSSR count). The van der Waals surface area contributed by atoms with E-state index in [2.05, 4.69) is 17.6 Å². The topological polar surface area (TPSA) is 78.4 Å². The van der Waals surface area contributed by atoms with Gasteiger partial charge in [0.05, 0.1) is 5.92 Å². The maximum Gasteiger partial charge on any atom is 0.315 e. The molecule has 2 amide bonds. The number of rotatable bonds is 3. The number of carboxylic acid groups (broad SMARTS) is 1. The number of urea groups is 1. The molecule has 3 N–H and O–H groups in total. The lowest BCUT2D eigenvalue weighted by molar-refractivity contribution is -0.141. The fourth-order valence-electron chi connectivity index (χ4n) is 3.15. The van der Waals surface area contributed by atoms with Gasteiger partial charge in [-0.05, 0) is 50.9 Å². The summed E-state index contributed by atoms with van der Waals surface area (Å²) in [6.45, 7) is 2.25. The van der Waals surface area contributed by atoms with E-state index in [0.29, 0.717) is 12.8 Å². The average molecular weight is 268 g/mol. The number of carbonyl (C=O) groups excluding carboxylic acids is 1. The van der Waals surface area contributed by atoms with Crippen molar-refractivity contribution in [2.75, 3.05) is 0 Å². The van der Waals surface area contributed by atoms with Crippen molar-refractivity contribution < 1.29 is 14.7 Å². The van der Waals surface area contributed by atoms with Crippen LogP contribution in [0.2, 0.25) is 0 Å². The molecule has 2 saturated carbocycles. The number of hydrogen-bond donors (Lipinski definition) is 3. The molecule has 2 aliphatic rings. The van der Waals surface area contributed by atoms with Crippen molar-refractivity contribution in [3.8, 4) is 0 Å². The molecular formula is C14H24N2O3. The summed E-state index contributed by atoms with van der Waals surface area (Å²) in [7, 11) is 0. The van der Waals surface area contributed by atoms with Crippen molar-refractivity contribution in [3.05, 3.63) is 0 Å². The lowest BCUT2D eigenvalue weighted by atomic mass is 9.87. The smallest absolute Gasteiger partial charge is 0.315 e. The molecule has 2 aliphatic carbocycles. The standard InChI is InChI=1S/C14H24N2O3/c1-9-2-5-11(6-3-9)15-14(19)16-12-7-4-10(8-12)13(17)18/h9-12H,2-8H2,1H3,(H,17,18)(H2,15,16,19)/t9?,10-,11?,12+/m1/s1. The van der Waals surface area contributed by atoms with Crippen LogP contribution in [-0.2, 0) is 4.79 Å². The van der Waals surface area contributed by atoms with Crippen LogP contribution in [0.1, 0.15) is 51.9 Å². The molecule has 0 spiro atoms. The van der Waals surface area contributed by atoms with Crippen LogP contribution in [0.3, 0.4) is 0 Å². The van der Waals surface area contributed by atoms with Gasteiger partial charge in [0.1, 0.15) is 0 Å². The van der Waals surface area contributed by atoms with E-state index in [1.165, 1.54) is 12.8 Å². The molecule has 0 aliphatic heterocycles. The Morgan fingerprint density at radius 2 is 1.53 bits per heavy atom. The second kappa shape index (κ2) is 6.26. The molecule has 5 heteroatoms. The minimum atomic E-state index is -0.744. The molecule has 2 atom stereocenters. The van der Waals surface area contributed by atoms with Gasteiger partial charge < -0.3 is 15.7 Å². The number of carboxylic acids is 1. The number of carbonyl (C=O) groups is 2. The monoisotopic (exact) mass is 268 g/mol. The summed E-state index contributed by atoms with van der Waals surface area (Å²) in [5.41, 5.74) is 0. The Hall–Kier alpha value is -1.26. The Morgan fingerprint density at radius 3 is 2.11 bits per heavy atom. The summed E-state index contributed by atoms with van der Waals surface area (Å²) < 4.78 is 0. The van der Waals surface area contributed by atoms with Gasteiger partial charge in [0.25, 0.3) is 0 Å². The highest BCUT2D eigenvalue weighted by Gasteiger charge is 2.31. The van der Waals surface area contributed by atoms with Gasteiger partial charge in [0, 0.05) is 12.1 Å². The van der Waals surface area contributed by atoms with Crippen LogP contribution in [0.4, 0.5) is 4.79 Å². The first-order valence-corrected chi connectivity index (χ1v) is 7.34. The van der Waals surface area contributed by atoms with Crippen LogP contribution in [0.25, 0.3) is 0 Å². The predicted molar refractivity (Wildman–Crippen MR) is 71.9 cm³/mol. The zero-order valence-corrected chi connectivity index (χ0v) is 11.5. The highest BCUT2D eigenvalue weighted by Crippen LogP contribution is 2.26. The largest absolute Gasteiger partial charge is 0.481 e. The number of aliphatic carboxylic acids is 1. The van der Waals surface area contributed by atoms with Crippen molar-refractivity contribution in [1.29, 1.82) is 0 Å². The Kier molecular flexibility index (Phi) is 4.66. The molecule has 5 nitrogen and oxygen atoms in total. The Morgan fingerprint density at radius 1 is 0.947 bits per heavy atom. The first-order valence-electron chi connectivity index (χ1n) is 7.34. The van der Waals surface area contributed by atoms with Crippen LogP contribution >= 0.6 is 0 Å². The maximum absolute atomic E-state index is 11.9. The molecule has 0 radical (unpaired) electrons. The summed E-state index contributed by atoms with van der Waals surface area (Å²) >= 11 is 0. The van der Waals surface area contributed by atoms with Gasteiger partial charge in [-0.3, -0.25) is 4.79 Å². The predicted octanol–water partition coefficient (Wildman–Crippen LogP) is 2.12. The van der Waals surface area contributed by atoms with E-state index in [4.69, 9.17) is 5.11 Å². The van der Waals surface area contributed by atoms with Crippen molar-refractivity contribution >= 4 is 12.0 Å². The van der Waals surface area contributed by atoms with Crippen molar-refractivity contribution in [2.24, 2.45) is 11.8 Å². The zero-order valence-electron chi connectivity index (χ0n) is 11.5. The first-order chi connectivity index (χ1) is 9.04. The Bertz CT molecular complexity index is 338. The van der Waals surface area contributed by atoms with E-state index in [1.54, 1.807) is 0 Å². The van der Waals surface area contributed by atoms with Crippen molar-refractivity contribution in [1.82, 2.24) is 10.6 Å². The lowest BCUT2D eigenvalue weighted by Gasteiger charge is -2.27. The molecule has 2 fully saturated rings. The highest BCUT2D eigenvalue weighted by molar-refractivity contribution is 5.75. The van der Waals surface area contributed by atoms with Gasteiger partial charge >= 0.3 is 12.0 Å². The fraction of sp³-hybridized carbons (Fsp3) is 0.857. The summed E-state index contributed by atoms with van der Waals surface area (Å²) in [6.07, 6.45) is 6.46. The van der Waals surface area contributed by atoms with E-state index in [9.17, 15) is 9.59 Å². The molecule has 0 aromatic heterocycles. The van der Waals surface area contributed by atoms with Gasteiger partial charge in [-0.25, -0.2) is 4.79 Å². The van der Waals surface area contributed by atoms with Gasteiger partial charge in [0.15, 0.2) is 0 Å². The van der Waals surface area contributed by atoms with E-state index >= 15 is 0 Å². The summed E-state index contributed by atoms with van der Waals surface area (Å²) in [5, 5.41) is 14.8. The van der Waals surface area contributed by atoms with Crippen molar-refractivity contribution in [2.45, 2.75) is 64.0 Å². The summed E-state index contributed by atoms with van der Waals surface area (Å²) in [6, 6.07) is 0.173. The number of nitrogens with one attached hydrogen (secondary N) is 2. The molecule has 0 heterocycles. The zero-order chi connectivity index (χ0) is 13.8. The first kappa shape index (κ1) is 14.2. The molecule has 19 heavy (non-hydrogen) atoms. The molecule has 0 saturated heterocycles. The highest BCUT2D eigenvalue weighted by atomic mass is 16.4. The molecule has 0 aromatic carbocycles. The van der Waals surface area contributed by atoms with Gasteiger partial charge in [-0.1, -0.05) is 6.92 Å². The molecule has 0 aromatic rings. The van der Waals surface area contributed by atoms with Crippen LogP contribution < -0.4 is 10.6 Å². The SMILES string of the molecule is CC1CCC(NC(=O)N[C@H]2CC[C@@H](C(=O)O)C2)CC1. The van der Waals surface area contributed by atoms with Crippen LogP contribution in [-0.4, -0.2) is 29.2 Å². The quantitative estimate of drug-likeness (QED) is 0.733. The van der Waals surface area contributed by atoms with E-state index < -0.39 is 5.97 Å². The second-order valence-corrected chi connectivity index (χ2v) is 6.12. The number of hydrogen-bond acceptors (Lipinski definition) is 2. The van der Waals surface area contributed by atoms with Crippen LogP contribution in [0.15, 0.2) is 0 Å². The van der Waals surface area contributed by atoms with Crippen LogP contribution in [0.5, 0.6) is 0 Å². The van der Waals surface area contributed by atoms with E-state index in [0.717, 1.165) is 25.2 Å². The molecule has 108 valence electrons. The fourth-order valence-corrected chi connectivity index (χ4v) is 3.15. The second-order valence-electron chi connectivity index (χ2n) is 6.12. The summed E-state index contributed by atoms with van der Waals surface area (Å²) in [4.78, 5) is 22.7.